The number of pyridine rings is 1. The summed E-state index contributed by atoms with van der Waals surface area (Å²) in [7, 11) is 1.23. The third-order valence-electron chi connectivity index (χ3n) is 8.56. The molecule has 0 saturated carbocycles. The smallest absolute Gasteiger partial charge is 0.433 e. The van der Waals surface area contributed by atoms with E-state index in [4.69, 9.17) is 23.2 Å². The van der Waals surface area contributed by atoms with E-state index in [1.54, 1.807) is 12.1 Å². The number of nitrogens with zero attached hydrogens (tertiary/aromatic N) is 3. The van der Waals surface area contributed by atoms with Gasteiger partial charge in [0.05, 0.1) is 16.9 Å². The van der Waals surface area contributed by atoms with Crippen LogP contribution in [-0.2, 0) is 25.4 Å². The van der Waals surface area contributed by atoms with Gasteiger partial charge in [-0.05, 0) is 61.6 Å². The average Bonchev–Trinajstić information content (AvgIpc) is 3.19. The molecular formula is C30H22Cl2F3N3O5. The Morgan fingerprint density at radius 1 is 1.02 bits per heavy atom. The first-order valence-electron chi connectivity index (χ1n) is 13.2. The number of ketones is 2. The number of halogens is 5. The third-order valence-corrected chi connectivity index (χ3v) is 9.18. The van der Waals surface area contributed by atoms with E-state index in [9.17, 15) is 37.5 Å². The number of hydrogen-bond donors (Lipinski definition) is 1. The maximum atomic E-state index is 14.0. The summed E-state index contributed by atoms with van der Waals surface area (Å²) in [5.41, 5.74) is 0.531. The highest BCUT2D eigenvalue weighted by molar-refractivity contribution is 6.33. The number of hydrogen-bond acceptors (Lipinski definition) is 7. The van der Waals surface area contributed by atoms with Gasteiger partial charge in [0.25, 0.3) is 11.8 Å². The predicted molar refractivity (Wildman–Crippen MR) is 149 cm³/mol. The van der Waals surface area contributed by atoms with Crippen molar-refractivity contribution in [3.05, 3.63) is 86.1 Å². The van der Waals surface area contributed by atoms with Crippen LogP contribution in [0, 0.1) is 17.8 Å². The summed E-state index contributed by atoms with van der Waals surface area (Å²) in [5.74, 6) is -5.99. The molecule has 0 radical (unpaired) electrons. The fourth-order valence-electron chi connectivity index (χ4n) is 6.66. The van der Waals surface area contributed by atoms with E-state index >= 15 is 0 Å². The van der Waals surface area contributed by atoms with Crippen LogP contribution in [0.4, 0.5) is 19.0 Å². The maximum absolute atomic E-state index is 14.0. The summed E-state index contributed by atoms with van der Waals surface area (Å²) in [6, 6.07) is 5.96. The average molecular weight is 632 g/mol. The number of benzene rings is 1. The van der Waals surface area contributed by atoms with Gasteiger partial charge in [0.1, 0.15) is 11.4 Å². The van der Waals surface area contributed by atoms with Gasteiger partial charge in [-0.2, -0.15) is 18.2 Å². The minimum Gasteiger partial charge on any atom is -0.508 e. The van der Waals surface area contributed by atoms with Crippen LogP contribution in [-0.4, -0.2) is 45.5 Å². The Balaban J connectivity index is 1.44. The minimum atomic E-state index is -4.79. The fourth-order valence-corrected chi connectivity index (χ4v) is 7.17. The predicted octanol–water partition coefficient (Wildman–Crippen LogP) is 5.59. The van der Waals surface area contributed by atoms with E-state index in [1.165, 1.54) is 32.2 Å². The largest absolute Gasteiger partial charge is 0.508 e. The monoisotopic (exact) mass is 631 g/mol. The van der Waals surface area contributed by atoms with E-state index in [0.717, 1.165) is 16.1 Å². The SMILES string of the molecule is CC1=CC(=O)C2=C(C1=O)[C@@H](c1ccc(O)cc1Cl)C1=CC[C@@H]3C(=O)N(N(C)c4nc(C(F)(F)F)ccc4Cl)C(=O)[C@@H]3[C@@H]1C2. The van der Waals surface area contributed by atoms with E-state index in [-0.39, 0.29) is 56.9 Å². The van der Waals surface area contributed by atoms with Crippen molar-refractivity contribution in [1.82, 2.24) is 9.99 Å². The van der Waals surface area contributed by atoms with Gasteiger partial charge < -0.3 is 5.11 Å². The Kier molecular flexibility index (Phi) is 6.81. The zero-order chi connectivity index (χ0) is 31.1. The normalized spacial score (nSPS) is 25.3. The van der Waals surface area contributed by atoms with E-state index in [2.05, 4.69) is 4.98 Å². The number of carbonyl (C=O) groups excluding carboxylic acids is 4. The first kappa shape index (κ1) is 29.1. The Labute approximate surface area is 253 Å². The van der Waals surface area contributed by atoms with Crippen molar-refractivity contribution in [3.63, 3.8) is 0 Å². The Bertz CT molecular complexity index is 1750. The second kappa shape index (κ2) is 10.1. The zero-order valence-corrected chi connectivity index (χ0v) is 24.1. The summed E-state index contributed by atoms with van der Waals surface area (Å²) in [4.78, 5) is 58.0. The number of aromatic hydroxyl groups is 1. The first-order valence-corrected chi connectivity index (χ1v) is 14.0. The number of imide groups is 1. The van der Waals surface area contributed by atoms with Crippen LogP contribution in [0.25, 0.3) is 0 Å². The molecule has 6 rings (SSSR count). The van der Waals surface area contributed by atoms with Gasteiger partial charge in [-0.15, -0.1) is 0 Å². The van der Waals surface area contributed by atoms with Crippen molar-refractivity contribution in [2.45, 2.75) is 31.9 Å². The van der Waals surface area contributed by atoms with Crippen molar-refractivity contribution in [3.8, 4) is 5.75 Å². The van der Waals surface area contributed by atoms with Gasteiger partial charge in [0.2, 0.25) is 0 Å². The number of rotatable bonds is 3. The molecule has 2 aromatic rings. The molecule has 2 amide bonds. The highest BCUT2D eigenvalue weighted by Gasteiger charge is 2.57. The lowest BCUT2D eigenvalue weighted by atomic mass is 9.59. The second-order valence-electron chi connectivity index (χ2n) is 10.9. The summed E-state index contributed by atoms with van der Waals surface area (Å²) < 4.78 is 40.2. The fraction of sp³-hybridized carbons (Fsp3) is 0.300. The molecule has 1 N–H and O–H groups in total. The molecular weight excluding hydrogens is 610 g/mol. The standard InChI is InChI=1S/C30H22Cl2F3N3O5/c1-12-9-21(40)18-11-17-14(23(25(18)26(12)41)15-4-3-13(39)10-20(15)32)5-6-16-24(17)29(43)38(28(16)42)37(2)27-19(31)7-8-22(36-27)30(33,34)35/h3-5,7-10,16-17,23-24,39H,6,11H2,1-2H3/t16-,17+,23+,24-/m0/s1. The molecule has 8 nitrogen and oxygen atoms in total. The number of hydrazine groups is 1. The van der Waals surface area contributed by atoms with Crippen molar-refractivity contribution in [2.75, 3.05) is 12.1 Å². The Morgan fingerprint density at radius 2 is 1.74 bits per heavy atom. The maximum Gasteiger partial charge on any atom is 0.433 e. The second-order valence-corrected chi connectivity index (χ2v) is 11.8. The number of fused-ring (bicyclic) bond motifs is 3. The van der Waals surface area contributed by atoms with Gasteiger partial charge in [-0.3, -0.25) is 24.2 Å². The quantitative estimate of drug-likeness (QED) is 0.267. The lowest BCUT2D eigenvalue weighted by Gasteiger charge is -2.42. The number of phenolic OH excluding ortho intramolecular Hbond substituents is 1. The zero-order valence-electron chi connectivity index (χ0n) is 22.6. The van der Waals surface area contributed by atoms with Crippen LogP contribution < -0.4 is 5.01 Å². The minimum absolute atomic E-state index is 0.00201. The lowest BCUT2D eigenvalue weighted by molar-refractivity contribution is -0.141. The summed E-state index contributed by atoms with van der Waals surface area (Å²) in [5, 5.41) is 11.6. The van der Waals surface area contributed by atoms with Crippen molar-refractivity contribution >= 4 is 52.4 Å². The molecule has 0 bridgehead atoms. The molecule has 4 atom stereocenters. The number of allylic oxidation sites excluding steroid dienone is 6. The molecule has 1 aromatic carbocycles. The summed E-state index contributed by atoms with van der Waals surface area (Å²) in [6.07, 6.45) is -1.67. The highest BCUT2D eigenvalue weighted by Crippen LogP contribution is 2.56. The topological polar surface area (TPSA) is 108 Å². The molecule has 2 heterocycles. The number of Topliss-reactive ketones (excluding diaryl/α,β-unsaturated/α-hetero) is 1. The van der Waals surface area contributed by atoms with Gasteiger partial charge in [0, 0.05) is 34.7 Å². The van der Waals surface area contributed by atoms with Crippen LogP contribution >= 0.6 is 23.2 Å². The van der Waals surface area contributed by atoms with Crippen LogP contribution in [0.5, 0.6) is 5.75 Å². The Morgan fingerprint density at radius 3 is 2.42 bits per heavy atom. The van der Waals surface area contributed by atoms with Gasteiger partial charge in [-0.1, -0.05) is 40.9 Å². The molecule has 43 heavy (non-hydrogen) atoms. The molecule has 4 aliphatic rings. The number of anilines is 1. The molecule has 1 saturated heterocycles. The number of aromatic nitrogens is 1. The van der Waals surface area contributed by atoms with Crippen molar-refractivity contribution < 1.29 is 37.5 Å². The molecule has 1 aromatic heterocycles. The molecule has 0 spiro atoms. The van der Waals surface area contributed by atoms with E-state index < -0.39 is 53.2 Å². The molecule has 3 aliphatic carbocycles. The Hall–Kier alpha value is -3.96. The van der Waals surface area contributed by atoms with Crippen LogP contribution in [0.15, 0.2) is 64.8 Å². The summed E-state index contributed by atoms with van der Waals surface area (Å²) >= 11 is 12.7. The van der Waals surface area contributed by atoms with E-state index in [1.807, 2.05) is 0 Å². The van der Waals surface area contributed by atoms with E-state index in [0.29, 0.717) is 17.2 Å². The number of carbonyl (C=O) groups is 4. The molecule has 222 valence electrons. The first-order chi connectivity index (χ1) is 20.2. The van der Waals surface area contributed by atoms with Gasteiger partial charge in [0.15, 0.2) is 17.4 Å². The highest BCUT2D eigenvalue weighted by atomic mass is 35.5. The number of alkyl halides is 3. The lowest BCUT2D eigenvalue weighted by Crippen LogP contribution is -2.46. The molecule has 1 fully saturated rings. The van der Waals surface area contributed by atoms with Gasteiger partial charge in [-0.25, -0.2) is 4.98 Å². The third kappa shape index (κ3) is 4.48. The number of phenols is 1. The van der Waals surface area contributed by atoms with Crippen LogP contribution in [0.1, 0.15) is 36.9 Å². The van der Waals surface area contributed by atoms with Crippen LogP contribution in [0.3, 0.4) is 0 Å². The van der Waals surface area contributed by atoms with Crippen LogP contribution in [0.2, 0.25) is 10.0 Å². The molecule has 13 heteroatoms. The van der Waals surface area contributed by atoms with Gasteiger partial charge >= 0.3 is 6.18 Å². The van der Waals surface area contributed by atoms with Crippen molar-refractivity contribution in [2.24, 2.45) is 17.8 Å². The summed E-state index contributed by atoms with van der Waals surface area (Å²) in [6.45, 7) is 1.54. The van der Waals surface area contributed by atoms with Crippen molar-refractivity contribution in [1.29, 1.82) is 0 Å². The molecule has 1 aliphatic heterocycles. The number of amides is 2. The molecule has 0 unspecified atom stereocenters.